The van der Waals surface area contributed by atoms with Crippen molar-refractivity contribution in [3.05, 3.63) is 35.4 Å². The number of carbonyl (C=O) groups excluding carboxylic acids is 2. The molecule has 2 amide bonds. The molecule has 0 aliphatic carbocycles. The third kappa shape index (κ3) is 6.00. The van der Waals surface area contributed by atoms with Crippen molar-refractivity contribution in [2.75, 3.05) is 0 Å². The number of benzene rings is 1. The third-order valence-corrected chi connectivity index (χ3v) is 4.79. The summed E-state index contributed by atoms with van der Waals surface area (Å²) < 4.78 is 27.4. The smallest absolute Gasteiger partial charge is 0.305 e. The van der Waals surface area contributed by atoms with E-state index >= 15 is 0 Å². The van der Waals surface area contributed by atoms with E-state index in [2.05, 4.69) is 5.32 Å². The van der Waals surface area contributed by atoms with Gasteiger partial charge in [-0.1, -0.05) is 26.0 Å². The average Bonchev–Trinajstić information content (AvgIpc) is 2.90. The van der Waals surface area contributed by atoms with Gasteiger partial charge in [-0.25, -0.2) is 8.78 Å². The molecule has 1 aromatic carbocycles. The molecule has 1 aromatic rings. The van der Waals surface area contributed by atoms with Gasteiger partial charge in [-0.05, 0) is 24.8 Å². The predicted molar refractivity (Wildman–Crippen MR) is 98.2 cm³/mol. The molecule has 1 aliphatic rings. The Morgan fingerprint density at radius 1 is 1.32 bits per heavy atom. The Balaban J connectivity index is 2.02. The summed E-state index contributed by atoms with van der Waals surface area (Å²) in [6.07, 6.45) is 1.03. The lowest BCUT2D eigenvalue weighted by Gasteiger charge is -2.26. The molecule has 2 N–H and O–H groups in total. The molecule has 0 spiro atoms. The molecule has 1 unspecified atom stereocenters. The van der Waals surface area contributed by atoms with Crippen molar-refractivity contribution in [3.8, 4) is 0 Å². The van der Waals surface area contributed by atoms with Crippen molar-refractivity contribution < 1.29 is 28.3 Å². The minimum Gasteiger partial charge on any atom is -0.481 e. The fourth-order valence-electron chi connectivity index (χ4n) is 3.55. The molecule has 0 bridgehead atoms. The zero-order valence-electron chi connectivity index (χ0n) is 16.1. The van der Waals surface area contributed by atoms with Gasteiger partial charge in [0, 0.05) is 37.0 Å². The van der Waals surface area contributed by atoms with Crippen LogP contribution in [0, 0.1) is 17.6 Å². The minimum atomic E-state index is -0.996. The van der Waals surface area contributed by atoms with E-state index in [-0.39, 0.29) is 49.1 Å². The molecular weight excluding hydrogens is 370 g/mol. The van der Waals surface area contributed by atoms with Crippen molar-refractivity contribution in [3.63, 3.8) is 0 Å². The molecule has 1 saturated heterocycles. The van der Waals surface area contributed by atoms with E-state index in [9.17, 15) is 23.2 Å². The monoisotopic (exact) mass is 396 g/mol. The summed E-state index contributed by atoms with van der Waals surface area (Å²) in [6.45, 7) is 3.77. The van der Waals surface area contributed by atoms with Gasteiger partial charge < -0.3 is 15.3 Å². The molecule has 0 saturated carbocycles. The normalized spacial score (nSPS) is 17.8. The molecular formula is C20H26F2N2O4. The lowest BCUT2D eigenvalue weighted by Crippen LogP contribution is -2.41. The van der Waals surface area contributed by atoms with Gasteiger partial charge in [0.15, 0.2) is 11.6 Å². The van der Waals surface area contributed by atoms with Crippen LogP contribution in [0.3, 0.4) is 0 Å². The molecule has 6 nitrogen and oxygen atoms in total. The number of likely N-dealkylation sites (tertiary alicyclic amines) is 1. The van der Waals surface area contributed by atoms with Crippen molar-refractivity contribution in [2.45, 2.75) is 64.6 Å². The zero-order chi connectivity index (χ0) is 20.8. The van der Waals surface area contributed by atoms with Gasteiger partial charge in [-0.3, -0.25) is 14.4 Å². The van der Waals surface area contributed by atoms with Crippen molar-refractivity contribution in [2.24, 2.45) is 5.92 Å². The lowest BCUT2D eigenvalue weighted by atomic mass is 10.0. The van der Waals surface area contributed by atoms with Gasteiger partial charge in [-0.2, -0.15) is 0 Å². The van der Waals surface area contributed by atoms with Crippen molar-refractivity contribution in [1.29, 1.82) is 0 Å². The quantitative estimate of drug-likeness (QED) is 0.672. The molecule has 8 heteroatoms. The summed E-state index contributed by atoms with van der Waals surface area (Å²) >= 11 is 0. The summed E-state index contributed by atoms with van der Waals surface area (Å²) in [6, 6.07) is 2.87. The first kappa shape index (κ1) is 21.8. The summed E-state index contributed by atoms with van der Waals surface area (Å²) in [7, 11) is 0. The van der Waals surface area contributed by atoms with Crippen LogP contribution in [0.2, 0.25) is 0 Å². The second-order valence-electron chi connectivity index (χ2n) is 7.62. The Morgan fingerprint density at radius 3 is 2.68 bits per heavy atom. The Morgan fingerprint density at radius 2 is 2.04 bits per heavy atom. The van der Waals surface area contributed by atoms with E-state index in [4.69, 9.17) is 5.11 Å². The van der Waals surface area contributed by atoms with Crippen molar-refractivity contribution in [1.82, 2.24) is 10.2 Å². The molecule has 154 valence electrons. The van der Waals surface area contributed by atoms with E-state index in [1.807, 2.05) is 13.8 Å². The van der Waals surface area contributed by atoms with E-state index in [0.29, 0.717) is 12.8 Å². The minimum absolute atomic E-state index is 0.00309. The number of carbonyl (C=O) groups is 3. The van der Waals surface area contributed by atoms with E-state index in [0.717, 1.165) is 6.07 Å². The number of hydrogen-bond donors (Lipinski definition) is 2. The van der Waals surface area contributed by atoms with Gasteiger partial charge >= 0.3 is 5.97 Å². The van der Waals surface area contributed by atoms with Crippen LogP contribution in [0.25, 0.3) is 0 Å². The largest absolute Gasteiger partial charge is 0.481 e. The lowest BCUT2D eigenvalue weighted by molar-refractivity contribution is -0.137. The molecule has 1 aliphatic heterocycles. The van der Waals surface area contributed by atoms with Crippen LogP contribution in [-0.2, 0) is 20.9 Å². The molecule has 0 radical (unpaired) electrons. The van der Waals surface area contributed by atoms with Gasteiger partial charge in [0.1, 0.15) is 0 Å². The highest BCUT2D eigenvalue weighted by atomic mass is 19.2. The van der Waals surface area contributed by atoms with Crippen LogP contribution in [-0.4, -0.2) is 39.9 Å². The summed E-state index contributed by atoms with van der Waals surface area (Å²) in [5.74, 6) is -3.33. The Kier molecular flexibility index (Phi) is 7.48. The number of rotatable bonds is 9. The maximum Gasteiger partial charge on any atom is 0.305 e. The molecule has 0 aromatic heterocycles. The van der Waals surface area contributed by atoms with E-state index < -0.39 is 29.7 Å². The number of carboxylic acids is 1. The van der Waals surface area contributed by atoms with Gasteiger partial charge in [0.05, 0.1) is 6.42 Å². The fraction of sp³-hybridized carbons (Fsp3) is 0.550. The van der Waals surface area contributed by atoms with Crippen LogP contribution in [0.5, 0.6) is 0 Å². The maximum absolute atomic E-state index is 13.9. The first-order valence-electron chi connectivity index (χ1n) is 9.40. The maximum atomic E-state index is 13.9. The number of amides is 2. The topological polar surface area (TPSA) is 86.7 Å². The third-order valence-electron chi connectivity index (χ3n) is 4.79. The van der Waals surface area contributed by atoms with Crippen LogP contribution in [0.15, 0.2) is 18.2 Å². The predicted octanol–water partition coefficient (Wildman–Crippen LogP) is 2.85. The highest BCUT2D eigenvalue weighted by molar-refractivity contribution is 5.82. The SMILES string of the molecule is CC(C)C[C@H](CC(=O)O)NC(=O)CC1CCC(=O)N1Cc1cccc(F)c1F. The first-order chi connectivity index (χ1) is 13.2. The molecule has 2 atom stereocenters. The van der Waals surface area contributed by atoms with Crippen LogP contribution in [0.4, 0.5) is 8.78 Å². The summed E-state index contributed by atoms with van der Waals surface area (Å²) in [5, 5.41) is 11.7. The zero-order valence-corrected chi connectivity index (χ0v) is 16.1. The average molecular weight is 396 g/mol. The Labute approximate surface area is 162 Å². The van der Waals surface area contributed by atoms with E-state index in [1.54, 1.807) is 0 Å². The number of halogens is 2. The van der Waals surface area contributed by atoms with Crippen LogP contribution < -0.4 is 5.32 Å². The second-order valence-corrected chi connectivity index (χ2v) is 7.62. The number of hydrogen-bond acceptors (Lipinski definition) is 3. The number of aliphatic carboxylic acids is 1. The highest BCUT2D eigenvalue weighted by Gasteiger charge is 2.33. The highest BCUT2D eigenvalue weighted by Crippen LogP contribution is 2.25. The van der Waals surface area contributed by atoms with Crippen molar-refractivity contribution >= 4 is 17.8 Å². The second kappa shape index (κ2) is 9.61. The van der Waals surface area contributed by atoms with Gasteiger partial charge in [0.25, 0.3) is 0 Å². The van der Waals surface area contributed by atoms with Gasteiger partial charge in [-0.15, -0.1) is 0 Å². The van der Waals surface area contributed by atoms with E-state index in [1.165, 1.54) is 17.0 Å². The Bertz CT molecular complexity index is 739. The fourth-order valence-corrected chi connectivity index (χ4v) is 3.55. The van der Waals surface area contributed by atoms with Gasteiger partial charge in [0.2, 0.25) is 11.8 Å². The van der Waals surface area contributed by atoms with Crippen LogP contribution >= 0.6 is 0 Å². The Hall–Kier alpha value is -2.51. The molecule has 28 heavy (non-hydrogen) atoms. The number of nitrogens with one attached hydrogen (secondary N) is 1. The number of carboxylic acid groups (broad SMARTS) is 1. The summed E-state index contributed by atoms with van der Waals surface area (Å²) in [5.41, 5.74) is 0.0595. The molecule has 2 rings (SSSR count). The first-order valence-corrected chi connectivity index (χ1v) is 9.40. The van der Waals surface area contributed by atoms with Crippen LogP contribution in [0.1, 0.15) is 51.5 Å². The molecule has 1 fully saturated rings. The standard InChI is InChI=1S/C20H26F2N2O4/c1-12(2)8-14(9-19(27)28)23-17(25)10-15-6-7-18(26)24(15)11-13-4-3-5-16(21)20(13)22/h3-5,12,14-15H,6-11H2,1-2H3,(H,23,25)(H,27,28)/t14-,15?/m1/s1. The molecule has 1 heterocycles. The number of nitrogens with zero attached hydrogens (tertiary/aromatic N) is 1. The summed E-state index contributed by atoms with van der Waals surface area (Å²) in [4.78, 5) is 37.0.